The summed E-state index contributed by atoms with van der Waals surface area (Å²) >= 11 is 0. The molecule has 0 rings (SSSR count). The predicted molar refractivity (Wildman–Crippen MR) is 152 cm³/mol. The number of aliphatic carboxylic acids is 1. The van der Waals surface area contributed by atoms with Gasteiger partial charge in [0, 0.05) is 6.42 Å². The fourth-order valence-corrected chi connectivity index (χ4v) is 4.14. The van der Waals surface area contributed by atoms with E-state index in [1.807, 2.05) is 21.1 Å². The highest BCUT2D eigenvalue weighted by molar-refractivity contribution is 5.71. The number of quaternary nitrogens is 1. The summed E-state index contributed by atoms with van der Waals surface area (Å²) in [5, 5.41) is 9.05. The van der Waals surface area contributed by atoms with Crippen LogP contribution in [-0.2, 0) is 14.3 Å². The quantitative estimate of drug-likeness (QED) is 0.0623. The van der Waals surface area contributed by atoms with Crippen LogP contribution in [0.25, 0.3) is 0 Å². The molecule has 0 aromatic carbocycles. The maximum atomic E-state index is 12.1. The van der Waals surface area contributed by atoms with Crippen LogP contribution < -0.4 is 0 Å². The molecule has 0 aliphatic rings. The molecule has 0 fully saturated rings. The summed E-state index contributed by atoms with van der Waals surface area (Å²) in [5.41, 5.74) is 0. The molecular weight excluding hydrogens is 450 g/mol. The first-order valence-electron chi connectivity index (χ1n) is 14.4. The van der Waals surface area contributed by atoms with Crippen LogP contribution in [0.4, 0.5) is 0 Å². The Labute approximate surface area is 222 Å². The lowest BCUT2D eigenvalue weighted by molar-refractivity contribution is -0.873. The molecule has 0 aromatic heterocycles. The molecular formula is C31H56NO4+. The number of hydrogen-bond donors (Lipinski definition) is 1. The first-order valence-corrected chi connectivity index (χ1v) is 14.4. The van der Waals surface area contributed by atoms with Gasteiger partial charge in [-0.2, -0.15) is 0 Å². The second kappa shape index (κ2) is 23.5. The molecule has 0 saturated heterocycles. The van der Waals surface area contributed by atoms with Crippen LogP contribution in [0, 0.1) is 0 Å². The zero-order chi connectivity index (χ0) is 26.9. The number of carboxylic acid groups (broad SMARTS) is 1. The van der Waals surface area contributed by atoms with E-state index in [0.29, 0.717) is 17.4 Å². The van der Waals surface area contributed by atoms with Crippen LogP contribution in [0.2, 0.25) is 0 Å². The molecule has 5 nitrogen and oxygen atoms in total. The van der Waals surface area contributed by atoms with Crippen LogP contribution in [0.15, 0.2) is 36.5 Å². The summed E-state index contributed by atoms with van der Waals surface area (Å²) in [6, 6.07) is 0. The van der Waals surface area contributed by atoms with Gasteiger partial charge in [-0.05, 0) is 38.5 Å². The Morgan fingerprint density at radius 2 is 1.19 bits per heavy atom. The van der Waals surface area contributed by atoms with E-state index >= 15 is 0 Å². The fraction of sp³-hybridized carbons (Fsp3) is 0.742. The van der Waals surface area contributed by atoms with Crippen molar-refractivity contribution < 1.29 is 23.9 Å². The standard InChI is InChI=1S/C31H55NO4/c1-5-6-7-8-9-10-11-12-13-14-15-16-17-18-19-20-21-22-23-24-25-26-31(35)36-29(27-30(33)34)28-32(2,3)4/h6-7,9-10,12-13,29H,5,8,11,14-28H2,1-4H3/p+1/b7-6+,10-9-,13-12-. The molecule has 0 spiro atoms. The minimum atomic E-state index is -0.927. The number of allylic oxidation sites excluding steroid dienone is 6. The summed E-state index contributed by atoms with van der Waals surface area (Å²) in [5.74, 6) is -1.19. The van der Waals surface area contributed by atoms with Gasteiger partial charge < -0.3 is 14.3 Å². The zero-order valence-electron chi connectivity index (χ0n) is 23.9. The second-order valence-electron chi connectivity index (χ2n) is 10.9. The molecule has 0 saturated carbocycles. The summed E-state index contributed by atoms with van der Waals surface area (Å²) in [6.07, 6.45) is 31.1. The van der Waals surface area contributed by atoms with E-state index in [2.05, 4.69) is 43.4 Å². The predicted octanol–water partition coefficient (Wildman–Crippen LogP) is 8.01. The van der Waals surface area contributed by atoms with E-state index in [0.717, 1.165) is 38.5 Å². The minimum absolute atomic E-state index is 0.131. The average molecular weight is 507 g/mol. The largest absolute Gasteiger partial charge is 0.481 e. The SMILES string of the molecule is CC/C=C/C/C=C\C/C=C\CCCCCCCCCCCCCC(=O)OC(CC(=O)O)C[N+](C)(C)C. The molecule has 5 heteroatoms. The van der Waals surface area contributed by atoms with Crippen molar-refractivity contribution in [3.63, 3.8) is 0 Å². The lowest BCUT2D eigenvalue weighted by atomic mass is 10.0. The summed E-state index contributed by atoms with van der Waals surface area (Å²) in [4.78, 5) is 23.1. The van der Waals surface area contributed by atoms with Crippen LogP contribution in [0.5, 0.6) is 0 Å². The van der Waals surface area contributed by atoms with E-state index in [4.69, 9.17) is 9.84 Å². The Balaban J connectivity index is 3.53. The number of nitrogens with zero attached hydrogens (tertiary/aromatic N) is 1. The van der Waals surface area contributed by atoms with Crippen LogP contribution in [-0.4, -0.2) is 55.3 Å². The molecule has 0 amide bonds. The Kier molecular flexibility index (Phi) is 22.3. The van der Waals surface area contributed by atoms with Crippen molar-refractivity contribution in [3.8, 4) is 0 Å². The second-order valence-corrected chi connectivity index (χ2v) is 10.9. The molecule has 1 N–H and O–H groups in total. The summed E-state index contributed by atoms with van der Waals surface area (Å²) in [7, 11) is 5.91. The maximum Gasteiger partial charge on any atom is 0.307 e. The third kappa shape index (κ3) is 26.7. The summed E-state index contributed by atoms with van der Waals surface area (Å²) in [6.45, 7) is 2.67. The lowest BCUT2D eigenvalue weighted by Gasteiger charge is -2.28. The number of carbonyl (C=O) groups excluding carboxylic acids is 1. The maximum absolute atomic E-state index is 12.1. The molecule has 0 aromatic rings. The van der Waals surface area contributed by atoms with E-state index in [9.17, 15) is 9.59 Å². The number of unbranched alkanes of at least 4 members (excludes halogenated alkanes) is 11. The molecule has 208 valence electrons. The molecule has 1 atom stereocenters. The van der Waals surface area contributed by atoms with Gasteiger partial charge in [-0.15, -0.1) is 0 Å². The monoisotopic (exact) mass is 506 g/mol. The van der Waals surface area contributed by atoms with Crippen molar-refractivity contribution in [2.75, 3.05) is 27.7 Å². The van der Waals surface area contributed by atoms with Gasteiger partial charge in [0.1, 0.15) is 6.54 Å². The van der Waals surface area contributed by atoms with Gasteiger partial charge in [-0.1, -0.05) is 101 Å². The number of esters is 1. The molecule has 1 unspecified atom stereocenters. The molecule has 0 aliphatic heterocycles. The van der Waals surface area contributed by atoms with Gasteiger partial charge in [0.2, 0.25) is 0 Å². The average Bonchev–Trinajstić information content (AvgIpc) is 2.78. The number of carbonyl (C=O) groups is 2. The van der Waals surface area contributed by atoms with Crippen molar-refractivity contribution in [2.45, 2.75) is 122 Å². The van der Waals surface area contributed by atoms with Crippen molar-refractivity contribution in [2.24, 2.45) is 0 Å². The van der Waals surface area contributed by atoms with Gasteiger partial charge in [0.15, 0.2) is 6.10 Å². The Morgan fingerprint density at radius 3 is 1.69 bits per heavy atom. The van der Waals surface area contributed by atoms with Gasteiger partial charge >= 0.3 is 11.9 Å². The zero-order valence-corrected chi connectivity index (χ0v) is 23.9. The fourth-order valence-electron chi connectivity index (χ4n) is 4.14. The first kappa shape index (κ1) is 34.1. The van der Waals surface area contributed by atoms with E-state index < -0.39 is 12.1 Å². The smallest absolute Gasteiger partial charge is 0.307 e. The molecule has 0 bridgehead atoms. The van der Waals surface area contributed by atoms with Gasteiger partial charge in [0.05, 0.1) is 27.6 Å². The lowest BCUT2D eigenvalue weighted by Crippen LogP contribution is -2.43. The van der Waals surface area contributed by atoms with E-state index in [-0.39, 0.29) is 12.4 Å². The number of ether oxygens (including phenoxy) is 1. The molecule has 0 aliphatic carbocycles. The highest BCUT2D eigenvalue weighted by atomic mass is 16.5. The van der Waals surface area contributed by atoms with Crippen LogP contribution in [0.3, 0.4) is 0 Å². The third-order valence-corrected chi connectivity index (χ3v) is 5.98. The molecule has 0 radical (unpaired) electrons. The minimum Gasteiger partial charge on any atom is -0.481 e. The van der Waals surface area contributed by atoms with Crippen molar-refractivity contribution in [1.82, 2.24) is 0 Å². The molecule has 0 heterocycles. The number of carboxylic acids is 1. The number of likely N-dealkylation sites (N-methyl/N-ethyl adjacent to an activating group) is 1. The topological polar surface area (TPSA) is 63.6 Å². The normalized spacial score (nSPS) is 13.2. The highest BCUT2D eigenvalue weighted by Gasteiger charge is 2.24. The Hall–Kier alpha value is -1.88. The van der Waals surface area contributed by atoms with Gasteiger partial charge in [-0.3, -0.25) is 9.59 Å². The van der Waals surface area contributed by atoms with E-state index in [1.54, 1.807) is 0 Å². The first-order chi connectivity index (χ1) is 17.2. The van der Waals surface area contributed by atoms with E-state index in [1.165, 1.54) is 57.8 Å². The van der Waals surface area contributed by atoms with Gasteiger partial charge in [0.25, 0.3) is 0 Å². The van der Waals surface area contributed by atoms with Crippen molar-refractivity contribution in [1.29, 1.82) is 0 Å². The number of rotatable bonds is 24. The number of hydrogen-bond acceptors (Lipinski definition) is 3. The molecule has 36 heavy (non-hydrogen) atoms. The van der Waals surface area contributed by atoms with Crippen LogP contribution in [0.1, 0.15) is 116 Å². The van der Waals surface area contributed by atoms with Crippen molar-refractivity contribution >= 4 is 11.9 Å². The van der Waals surface area contributed by atoms with Crippen LogP contribution >= 0.6 is 0 Å². The third-order valence-electron chi connectivity index (χ3n) is 5.98. The Morgan fingerprint density at radius 1 is 0.722 bits per heavy atom. The van der Waals surface area contributed by atoms with Gasteiger partial charge in [-0.25, -0.2) is 0 Å². The Bertz CT molecular complexity index is 631. The summed E-state index contributed by atoms with van der Waals surface area (Å²) < 4.78 is 6.01. The highest BCUT2D eigenvalue weighted by Crippen LogP contribution is 2.14. The van der Waals surface area contributed by atoms with Crippen molar-refractivity contribution in [3.05, 3.63) is 36.5 Å².